The first-order valence-corrected chi connectivity index (χ1v) is 42.4. The van der Waals surface area contributed by atoms with Gasteiger partial charge in [-0.3, -0.25) is 0 Å². The highest BCUT2D eigenvalue weighted by atomic mass is 32.1. The van der Waals surface area contributed by atoms with Gasteiger partial charge in [-0.25, -0.2) is 0 Å². The molecule has 12 aromatic rings. The SMILES string of the molecule is C=CCCCc1cc(C)sc1C.C=CCCOc1cc(C)cc2c(OCCC=C)cc(C)cc12.C=CCOc1ccc(-c2cc(C)ccc2-c2ccc(C)cc2CCCCC=C(C)C)cc1.C=Cc1ccccc1-c1cc(-c2cc(CC/C=C/C)c(C)s2)sc1C.Cc1c2ccccc2c(C)c2cc(COCC=C(F)F)ccc12. The largest absolute Gasteiger partial charge is 0.493 e. The molecule has 3 heterocycles. The molecule has 0 radical (unpaired) electrons. The quantitative estimate of drug-likeness (QED) is 0.0239. The molecule has 0 amide bonds. The second kappa shape index (κ2) is 46.4. The Morgan fingerprint density at radius 2 is 1.00 bits per heavy atom. The van der Waals surface area contributed by atoms with E-state index in [1.165, 1.54) is 178 Å². The van der Waals surface area contributed by atoms with E-state index in [1.807, 2.05) is 82.6 Å². The third-order valence-electron chi connectivity index (χ3n) is 19.9. The van der Waals surface area contributed by atoms with Crippen LogP contribution in [0.2, 0.25) is 0 Å². The van der Waals surface area contributed by atoms with Gasteiger partial charge in [-0.2, -0.15) is 8.78 Å². The summed E-state index contributed by atoms with van der Waals surface area (Å²) in [6.45, 7) is 49.0. The van der Waals surface area contributed by atoms with Gasteiger partial charge in [0.15, 0.2) is 0 Å². The Morgan fingerprint density at radius 3 is 1.61 bits per heavy atom. The first-order valence-electron chi connectivity index (χ1n) is 40.0. The molecule has 0 aliphatic carbocycles. The van der Waals surface area contributed by atoms with Gasteiger partial charge in [0, 0.05) is 46.1 Å². The molecular weight excluding hydrogens is 1460 g/mol. The minimum absolute atomic E-state index is 0.0733. The average molecular weight is 1580 g/mol. The summed E-state index contributed by atoms with van der Waals surface area (Å²) in [6, 6.07) is 60.7. The fourth-order valence-electron chi connectivity index (χ4n) is 14.0. The number of aryl methyl sites for hydroxylation is 13. The van der Waals surface area contributed by atoms with Crippen molar-refractivity contribution in [2.45, 2.75) is 167 Å². The topological polar surface area (TPSA) is 36.9 Å². The predicted molar refractivity (Wildman–Crippen MR) is 497 cm³/mol. The van der Waals surface area contributed by atoms with E-state index in [0.29, 0.717) is 26.4 Å². The molecule has 9 aromatic carbocycles. The maximum absolute atomic E-state index is 12.0. The highest BCUT2D eigenvalue weighted by molar-refractivity contribution is 7.22. The number of halogens is 2. The Hall–Kier alpha value is -10.0. The van der Waals surface area contributed by atoms with Gasteiger partial charge in [0.1, 0.15) is 23.9 Å². The van der Waals surface area contributed by atoms with Crippen molar-refractivity contribution in [2.75, 3.05) is 26.4 Å². The summed E-state index contributed by atoms with van der Waals surface area (Å²) < 4.78 is 46.8. The summed E-state index contributed by atoms with van der Waals surface area (Å²) in [7, 11) is 0. The van der Waals surface area contributed by atoms with Gasteiger partial charge in [-0.1, -0.05) is 188 Å². The monoisotopic (exact) mass is 1580 g/mol. The molecule has 0 aliphatic rings. The highest BCUT2D eigenvalue weighted by Crippen LogP contribution is 2.43. The zero-order valence-corrected chi connectivity index (χ0v) is 72.3. The van der Waals surface area contributed by atoms with Crippen molar-refractivity contribution in [2.24, 2.45) is 0 Å². The number of ether oxygens (including phenoxy) is 4. The molecule has 0 unspecified atom stereocenters. The second-order valence-corrected chi connectivity index (χ2v) is 33.3. The maximum atomic E-state index is 12.0. The van der Waals surface area contributed by atoms with Gasteiger partial charge in [0.2, 0.25) is 0 Å². The molecule has 0 fully saturated rings. The van der Waals surface area contributed by atoms with Crippen molar-refractivity contribution >= 4 is 72.4 Å². The fourth-order valence-corrected chi connectivity index (χ4v) is 17.1. The summed E-state index contributed by atoms with van der Waals surface area (Å²) in [6.07, 6.45) is 27.5. The Morgan fingerprint density at radius 1 is 0.412 bits per heavy atom. The summed E-state index contributed by atoms with van der Waals surface area (Å²) in [5.74, 6) is 2.69. The first kappa shape index (κ1) is 89.5. The van der Waals surface area contributed by atoms with Gasteiger partial charge >= 0.3 is 0 Å². The van der Waals surface area contributed by atoms with Crippen molar-refractivity contribution in [3.05, 3.63) is 344 Å². The number of benzene rings is 9. The summed E-state index contributed by atoms with van der Waals surface area (Å²) in [4.78, 5) is 8.49. The zero-order valence-electron chi connectivity index (χ0n) is 69.8. The zero-order chi connectivity index (χ0) is 82.1. The molecule has 0 saturated heterocycles. The summed E-state index contributed by atoms with van der Waals surface area (Å²) >= 11 is 5.71. The summed E-state index contributed by atoms with van der Waals surface area (Å²) in [5, 5.41) is 7.13. The normalized spacial score (nSPS) is 10.8. The van der Waals surface area contributed by atoms with Gasteiger partial charge in [-0.15, -0.1) is 53.7 Å². The average Bonchev–Trinajstić information content (AvgIpc) is 1.23. The Kier molecular flexibility index (Phi) is 36.4. The minimum Gasteiger partial charge on any atom is -0.493 e. The van der Waals surface area contributed by atoms with Crippen LogP contribution in [-0.2, 0) is 30.6 Å². The van der Waals surface area contributed by atoms with Crippen LogP contribution in [0.4, 0.5) is 8.78 Å². The molecule has 12 rings (SSSR count). The van der Waals surface area contributed by atoms with Crippen molar-refractivity contribution in [1.29, 1.82) is 0 Å². The highest BCUT2D eigenvalue weighted by Gasteiger charge is 2.18. The summed E-state index contributed by atoms with van der Waals surface area (Å²) in [5.41, 5.74) is 23.2. The molecule has 0 aliphatic heterocycles. The Labute approximate surface area is 693 Å². The van der Waals surface area contributed by atoms with E-state index >= 15 is 0 Å². The van der Waals surface area contributed by atoms with Gasteiger partial charge in [-0.05, 0) is 326 Å². The van der Waals surface area contributed by atoms with E-state index in [9.17, 15) is 8.78 Å². The van der Waals surface area contributed by atoms with Crippen LogP contribution in [-0.4, -0.2) is 26.4 Å². The minimum atomic E-state index is -1.71. The Balaban J connectivity index is 0.000000183. The fraction of sp³-hybridized carbons (Fsp3) is 0.276. The molecule has 0 bridgehead atoms. The number of hydrogen-bond acceptors (Lipinski definition) is 7. The van der Waals surface area contributed by atoms with Gasteiger partial charge < -0.3 is 18.9 Å². The lowest BCUT2D eigenvalue weighted by Crippen LogP contribution is -2.00. The first-order chi connectivity index (χ1) is 55.1. The number of fused-ring (bicyclic) bond motifs is 3. The molecule has 9 heteroatoms. The molecule has 0 saturated carbocycles. The predicted octanol–water partition coefficient (Wildman–Crippen LogP) is 31.9. The van der Waals surface area contributed by atoms with E-state index in [2.05, 4.69) is 287 Å². The van der Waals surface area contributed by atoms with Crippen LogP contribution in [0, 0.1) is 69.2 Å². The van der Waals surface area contributed by atoms with Crippen molar-refractivity contribution in [3.63, 3.8) is 0 Å². The van der Waals surface area contributed by atoms with Crippen molar-refractivity contribution < 1.29 is 27.7 Å². The molecule has 0 N–H and O–H groups in total. The van der Waals surface area contributed by atoms with Crippen LogP contribution in [0.5, 0.6) is 17.2 Å². The lowest BCUT2D eigenvalue weighted by molar-refractivity contribution is 0.146. The number of unbranched alkanes of at least 4 members (excludes halogenated alkanes) is 3. The Bertz CT molecular complexity index is 5210. The van der Waals surface area contributed by atoms with Crippen LogP contribution in [0.15, 0.2) is 263 Å². The van der Waals surface area contributed by atoms with Crippen molar-refractivity contribution in [1.82, 2.24) is 0 Å². The van der Waals surface area contributed by atoms with E-state index in [0.717, 1.165) is 78.2 Å². The molecular formula is C105H118F2O4S3. The molecule has 3 aromatic heterocycles. The molecule has 4 nitrogen and oxygen atoms in total. The molecule has 114 heavy (non-hydrogen) atoms. The van der Waals surface area contributed by atoms with Gasteiger partial charge in [0.25, 0.3) is 6.08 Å². The van der Waals surface area contributed by atoms with Crippen LogP contribution < -0.4 is 14.2 Å². The number of thiophene rings is 3. The number of rotatable bonds is 32. The van der Waals surface area contributed by atoms with E-state index in [-0.39, 0.29) is 6.61 Å². The lowest BCUT2D eigenvalue weighted by atomic mass is 9.88. The van der Waals surface area contributed by atoms with Crippen LogP contribution in [0.25, 0.3) is 81.5 Å². The third-order valence-corrected chi connectivity index (χ3v) is 23.2. The van der Waals surface area contributed by atoms with Crippen LogP contribution in [0.1, 0.15) is 153 Å². The molecule has 0 spiro atoms. The number of hydrogen-bond donors (Lipinski definition) is 0. The van der Waals surface area contributed by atoms with Gasteiger partial charge in [0.05, 0.1) is 26.4 Å². The van der Waals surface area contributed by atoms with E-state index in [1.54, 1.807) is 6.08 Å². The van der Waals surface area contributed by atoms with Crippen molar-refractivity contribution in [3.8, 4) is 60.4 Å². The lowest BCUT2D eigenvalue weighted by Gasteiger charge is -2.16. The molecule has 594 valence electrons. The second-order valence-electron chi connectivity index (χ2n) is 29.3. The van der Waals surface area contributed by atoms with Crippen LogP contribution >= 0.6 is 34.0 Å². The van der Waals surface area contributed by atoms with E-state index in [4.69, 9.17) is 18.9 Å². The maximum Gasteiger partial charge on any atom is 0.268 e. The smallest absolute Gasteiger partial charge is 0.268 e. The number of allylic oxidation sites excluding steroid dienone is 5. The third kappa shape index (κ3) is 26.5. The van der Waals surface area contributed by atoms with Crippen LogP contribution in [0.3, 0.4) is 0 Å². The molecule has 0 atom stereocenters. The van der Waals surface area contributed by atoms with E-state index < -0.39 is 6.08 Å². The standard InChI is InChI=1S/C31H36O.C23H24S2.C20H18F2O.C20H24O2.C11H16S/c1-6-20-32-28-16-14-26(15-17-28)31-22-25(5)13-19-30(31)29-18-12-24(4)21-27(29)11-9-7-8-10-23(2)3;1-5-7-8-12-19-14-22(24-16(19)3)23-15-21(17(4)25-23)20-13-10-9-11-18(20)6-2;1-13-16-5-3-4-6-17(16)14(2)19-11-15(7-8-18(13)19)12-23-10-9-20(21)22;1-5-7-9-21-19-13-15(3)12-18-17(19)11-16(4)14-20(18)22-10-8-6-2;1-4-5-6-7-11-8-9(2)12-10(11)3/h6,10,12-19,21-22H,1,7-9,11,20H2,2-5H3;5-7,9-11,13-15H,2,8,12H2,1,3-4H3;3-9,11H,10,12H2,1-2H3;5-6,11-14H,1-2,7-10H2,3-4H3;4,8H,1,5-7H2,2-3H3/b;7-5+;;;.